The molecule has 1 N–H and O–H groups in total. The summed E-state index contributed by atoms with van der Waals surface area (Å²) in [6.45, 7) is 0.424. The molecule has 0 aliphatic carbocycles. The van der Waals surface area contributed by atoms with Crippen LogP contribution in [0.4, 0.5) is 10.1 Å². The third-order valence-electron chi connectivity index (χ3n) is 4.00. The number of nitrogens with one attached hydrogen (secondary N) is 1. The molecular weight excluding hydrogens is 329 g/mol. The molecule has 1 atom stereocenters. The van der Waals surface area contributed by atoms with Gasteiger partial charge in [0.25, 0.3) is 17.5 Å². The SMILES string of the molecule is C[NH+](Cc1cccc(F)c1)CN1C(=O)c2cccc([N+](=O)[O-])c2C1=O. The van der Waals surface area contributed by atoms with E-state index in [1.165, 1.54) is 30.3 Å². The van der Waals surface area contributed by atoms with Gasteiger partial charge >= 0.3 is 0 Å². The van der Waals surface area contributed by atoms with Crippen LogP contribution in [0.25, 0.3) is 0 Å². The molecule has 1 aliphatic heterocycles. The Morgan fingerprint density at radius 1 is 1.16 bits per heavy atom. The number of carbonyl (C=O) groups is 2. The number of amides is 2. The summed E-state index contributed by atoms with van der Waals surface area (Å²) >= 11 is 0. The van der Waals surface area contributed by atoms with Crippen LogP contribution in [0, 0.1) is 15.9 Å². The van der Waals surface area contributed by atoms with Gasteiger partial charge in [0.05, 0.1) is 17.5 Å². The molecule has 0 bridgehead atoms. The Kier molecular flexibility index (Phi) is 4.28. The zero-order chi connectivity index (χ0) is 18.1. The smallest absolute Gasteiger partial charge is 0.282 e. The second kappa shape index (κ2) is 6.40. The van der Waals surface area contributed by atoms with Crippen LogP contribution in [0.5, 0.6) is 0 Å². The minimum Gasteiger partial charge on any atom is -0.316 e. The zero-order valence-corrected chi connectivity index (χ0v) is 13.4. The molecule has 2 aromatic rings. The second-order valence-corrected chi connectivity index (χ2v) is 5.92. The van der Waals surface area contributed by atoms with Gasteiger partial charge in [0, 0.05) is 11.6 Å². The molecule has 0 spiro atoms. The van der Waals surface area contributed by atoms with E-state index in [9.17, 15) is 24.1 Å². The number of quaternary nitrogens is 1. The number of imide groups is 1. The van der Waals surface area contributed by atoms with E-state index in [0.717, 1.165) is 15.4 Å². The van der Waals surface area contributed by atoms with Crippen LogP contribution in [0.15, 0.2) is 42.5 Å². The molecule has 1 unspecified atom stereocenters. The Morgan fingerprint density at radius 2 is 1.88 bits per heavy atom. The monoisotopic (exact) mass is 344 g/mol. The number of nitro benzene ring substituents is 1. The Bertz CT molecular complexity index is 884. The Hall–Kier alpha value is -3.13. The highest BCUT2D eigenvalue weighted by atomic mass is 19.1. The first-order valence-corrected chi connectivity index (χ1v) is 7.58. The average Bonchev–Trinajstić information content (AvgIpc) is 2.80. The number of carbonyl (C=O) groups excluding carboxylic acids is 2. The fraction of sp³-hybridized carbons (Fsp3) is 0.176. The van der Waals surface area contributed by atoms with Gasteiger partial charge in [-0.1, -0.05) is 18.2 Å². The third-order valence-corrected chi connectivity index (χ3v) is 4.00. The predicted octanol–water partition coefficient (Wildman–Crippen LogP) is 1.00. The summed E-state index contributed by atoms with van der Waals surface area (Å²) in [7, 11) is 1.75. The summed E-state index contributed by atoms with van der Waals surface area (Å²) in [5.41, 5.74) is 0.218. The molecule has 3 rings (SSSR count). The molecule has 0 saturated carbocycles. The van der Waals surface area contributed by atoms with Crippen molar-refractivity contribution < 1.29 is 23.8 Å². The van der Waals surface area contributed by atoms with E-state index >= 15 is 0 Å². The number of nitrogens with zero attached hydrogens (tertiary/aromatic N) is 2. The lowest BCUT2D eigenvalue weighted by atomic mass is 10.1. The van der Waals surface area contributed by atoms with E-state index in [-0.39, 0.29) is 29.3 Å². The standard InChI is InChI=1S/C17H14FN3O4/c1-19(9-11-4-2-5-12(18)8-11)10-20-16(22)13-6-3-7-14(21(24)25)15(13)17(20)23/h2-8H,9-10H2,1H3/p+1. The van der Waals surface area contributed by atoms with Crippen LogP contribution in [-0.2, 0) is 6.54 Å². The number of nitro groups is 1. The first kappa shape index (κ1) is 16.7. The maximum Gasteiger partial charge on any atom is 0.282 e. The van der Waals surface area contributed by atoms with Gasteiger partial charge in [0.15, 0.2) is 6.67 Å². The fourth-order valence-corrected chi connectivity index (χ4v) is 2.93. The van der Waals surface area contributed by atoms with Crippen LogP contribution < -0.4 is 4.90 Å². The Morgan fingerprint density at radius 3 is 2.56 bits per heavy atom. The van der Waals surface area contributed by atoms with Gasteiger partial charge < -0.3 is 4.90 Å². The highest BCUT2D eigenvalue weighted by Gasteiger charge is 2.42. The number of rotatable bonds is 5. The first-order valence-electron chi connectivity index (χ1n) is 7.58. The van der Waals surface area contributed by atoms with Gasteiger partial charge in [-0.3, -0.25) is 19.7 Å². The first-order chi connectivity index (χ1) is 11.9. The van der Waals surface area contributed by atoms with E-state index < -0.39 is 16.7 Å². The highest BCUT2D eigenvalue weighted by molar-refractivity contribution is 6.23. The molecule has 0 saturated heterocycles. The molecular formula is C17H15FN3O4+. The quantitative estimate of drug-likeness (QED) is 0.498. The lowest BCUT2D eigenvalue weighted by molar-refractivity contribution is -0.901. The summed E-state index contributed by atoms with van der Waals surface area (Å²) < 4.78 is 13.3. The molecule has 8 heteroatoms. The lowest BCUT2D eigenvalue weighted by Gasteiger charge is -2.20. The Labute approximate surface area is 142 Å². The summed E-state index contributed by atoms with van der Waals surface area (Å²) in [5.74, 6) is -1.59. The molecule has 1 heterocycles. The third kappa shape index (κ3) is 3.11. The van der Waals surface area contributed by atoms with Crippen LogP contribution in [0.1, 0.15) is 26.3 Å². The minimum atomic E-state index is -0.675. The van der Waals surface area contributed by atoms with Crippen molar-refractivity contribution in [2.75, 3.05) is 13.7 Å². The van der Waals surface area contributed by atoms with Gasteiger partial charge in [-0.15, -0.1) is 0 Å². The maximum absolute atomic E-state index is 13.3. The van der Waals surface area contributed by atoms with Crippen LogP contribution in [-0.4, -0.2) is 35.4 Å². The van der Waals surface area contributed by atoms with Gasteiger partial charge in [-0.25, -0.2) is 9.29 Å². The number of fused-ring (bicyclic) bond motifs is 1. The molecule has 2 aromatic carbocycles. The van der Waals surface area contributed by atoms with Crippen molar-refractivity contribution in [1.29, 1.82) is 0 Å². The Balaban J connectivity index is 1.80. The fourth-order valence-electron chi connectivity index (χ4n) is 2.93. The van der Waals surface area contributed by atoms with Gasteiger partial charge in [0.1, 0.15) is 17.9 Å². The van der Waals surface area contributed by atoms with Gasteiger partial charge in [-0.2, -0.15) is 0 Å². The van der Waals surface area contributed by atoms with Crippen molar-refractivity contribution in [3.63, 3.8) is 0 Å². The molecule has 25 heavy (non-hydrogen) atoms. The maximum atomic E-state index is 13.3. The molecule has 128 valence electrons. The number of benzene rings is 2. The summed E-state index contributed by atoms with van der Waals surface area (Å²) in [6.07, 6.45) is 0. The normalized spacial score (nSPS) is 14.6. The van der Waals surface area contributed by atoms with Crippen molar-refractivity contribution >= 4 is 17.5 Å². The molecule has 7 nitrogen and oxygen atoms in total. The molecule has 2 amide bonds. The zero-order valence-electron chi connectivity index (χ0n) is 13.4. The van der Waals surface area contributed by atoms with Gasteiger partial charge in [0.2, 0.25) is 0 Å². The van der Waals surface area contributed by atoms with E-state index in [1.54, 1.807) is 19.2 Å². The van der Waals surface area contributed by atoms with Crippen LogP contribution >= 0.6 is 0 Å². The summed E-state index contributed by atoms with van der Waals surface area (Å²) in [5, 5.41) is 11.1. The highest BCUT2D eigenvalue weighted by Crippen LogP contribution is 2.29. The second-order valence-electron chi connectivity index (χ2n) is 5.92. The predicted molar refractivity (Wildman–Crippen MR) is 85.5 cm³/mol. The summed E-state index contributed by atoms with van der Waals surface area (Å²) in [4.78, 5) is 37.1. The number of hydrogen-bond acceptors (Lipinski definition) is 4. The van der Waals surface area contributed by atoms with E-state index in [2.05, 4.69) is 0 Å². The van der Waals surface area contributed by atoms with E-state index in [0.29, 0.717) is 6.54 Å². The van der Waals surface area contributed by atoms with E-state index in [4.69, 9.17) is 0 Å². The number of halogens is 1. The molecule has 0 radical (unpaired) electrons. The topological polar surface area (TPSA) is 85.0 Å². The van der Waals surface area contributed by atoms with Crippen molar-refractivity contribution in [3.05, 3.63) is 75.1 Å². The minimum absolute atomic E-state index is 0.0278. The largest absolute Gasteiger partial charge is 0.316 e. The molecule has 1 aliphatic rings. The van der Waals surface area contributed by atoms with E-state index in [1.807, 2.05) is 0 Å². The van der Waals surface area contributed by atoms with Crippen molar-refractivity contribution in [2.45, 2.75) is 6.54 Å². The van der Waals surface area contributed by atoms with Gasteiger partial charge in [-0.05, 0) is 18.2 Å². The van der Waals surface area contributed by atoms with Crippen molar-refractivity contribution in [3.8, 4) is 0 Å². The average molecular weight is 344 g/mol. The van der Waals surface area contributed by atoms with Crippen molar-refractivity contribution in [1.82, 2.24) is 4.90 Å². The summed E-state index contributed by atoms with van der Waals surface area (Å²) in [6, 6.07) is 10.1. The molecule has 0 fully saturated rings. The number of hydrogen-bond donors (Lipinski definition) is 1. The van der Waals surface area contributed by atoms with Crippen molar-refractivity contribution in [2.24, 2.45) is 0 Å². The molecule has 0 aromatic heterocycles. The lowest BCUT2D eigenvalue weighted by Crippen LogP contribution is -3.09. The van der Waals surface area contributed by atoms with Crippen LogP contribution in [0.3, 0.4) is 0 Å². The van der Waals surface area contributed by atoms with Crippen LogP contribution in [0.2, 0.25) is 0 Å².